The number of hydrogen-bond acceptors (Lipinski definition) is 4. The Kier molecular flexibility index (Phi) is 6.99. The van der Waals surface area contributed by atoms with Crippen LogP contribution in [0.25, 0.3) is 6.08 Å². The number of rotatable bonds is 7. The summed E-state index contributed by atoms with van der Waals surface area (Å²) in [5.74, 6) is 0.0643. The van der Waals surface area contributed by atoms with Crippen LogP contribution in [0.3, 0.4) is 0 Å². The van der Waals surface area contributed by atoms with E-state index < -0.39 is 0 Å². The Morgan fingerprint density at radius 1 is 1.25 bits per heavy atom. The SMILES string of the molecule is CCN(CC)C(=O)CCCN1C(=O)/C(=C/c2ccccc2)SC1=S. The van der Waals surface area contributed by atoms with Gasteiger partial charge in [-0.1, -0.05) is 54.3 Å². The van der Waals surface area contributed by atoms with E-state index in [4.69, 9.17) is 12.2 Å². The first-order valence-corrected chi connectivity index (χ1v) is 9.37. The monoisotopic (exact) mass is 362 g/mol. The summed E-state index contributed by atoms with van der Waals surface area (Å²) in [6, 6.07) is 9.72. The topological polar surface area (TPSA) is 40.6 Å². The van der Waals surface area contributed by atoms with E-state index in [0.717, 1.165) is 18.7 Å². The molecule has 0 bridgehead atoms. The molecule has 1 fully saturated rings. The third kappa shape index (κ3) is 4.68. The van der Waals surface area contributed by atoms with Crippen molar-refractivity contribution in [2.75, 3.05) is 19.6 Å². The zero-order valence-corrected chi connectivity index (χ0v) is 15.7. The molecular weight excluding hydrogens is 340 g/mol. The van der Waals surface area contributed by atoms with Crippen molar-refractivity contribution in [1.82, 2.24) is 9.80 Å². The molecule has 4 nitrogen and oxygen atoms in total. The summed E-state index contributed by atoms with van der Waals surface area (Å²) in [5, 5.41) is 0. The van der Waals surface area contributed by atoms with E-state index in [0.29, 0.717) is 28.6 Å². The van der Waals surface area contributed by atoms with E-state index in [2.05, 4.69) is 0 Å². The largest absolute Gasteiger partial charge is 0.343 e. The molecule has 1 aliphatic heterocycles. The molecule has 128 valence electrons. The number of carbonyl (C=O) groups excluding carboxylic acids is 2. The van der Waals surface area contributed by atoms with E-state index in [1.165, 1.54) is 11.8 Å². The molecule has 2 rings (SSSR count). The van der Waals surface area contributed by atoms with Gasteiger partial charge in [-0.2, -0.15) is 0 Å². The Morgan fingerprint density at radius 2 is 1.92 bits per heavy atom. The van der Waals surface area contributed by atoms with Gasteiger partial charge in [0, 0.05) is 26.1 Å². The number of benzene rings is 1. The van der Waals surface area contributed by atoms with Crippen molar-refractivity contribution >= 4 is 46.2 Å². The molecule has 1 aromatic carbocycles. The van der Waals surface area contributed by atoms with E-state index in [1.807, 2.05) is 50.3 Å². The Morgan fingerprint density at radius 3 is 2.54 bits per heavy atom. The van der Waals surface area contributed by atoms with E-state index in [1.54, 1.807) is 9.80 Å². The minimum Gasteiger partial charge on any atom is -0.343 e. The maximum Gasteiger partial charge on any atom is 0.266 e. The third-order valence-electron chi connectivity index (χ3n) is 3.86. The van der Waals surface area contributed by atoms with Gasteiger partial charge >= 0.3 is 0 Å². The molecule has 0 aliphatic carbocycles. The Balaban J connectivity index is 1.93. The van der Waals surface area contributed by atoms with Gasteiger partial charge in [-0.3, -0.25) is 14.5 Å². The lowest BCUT2D eigenvalue weighted by atomic mass is 10.2. The van der Waals surface area contributed by atoms with Crippen LogP contribution in [0.1, 0.15) is 32.3 Å². The lowest BCUT2D eigenvalue weighted by Crippen LogP contribution is -2.33. The molecule has 6 heteroatoms. The molecule has 0 unspecified atom stereocenters. The highest BCUT2D eigenvalue weighted by Gasteiger charge is 2.31. The Hall–Kier alpha value is -1.66. The van der Waals surface area contributed by atoms with Crippen LogP contribution in [-0.4, -0.2) is 45.6 Å². The fourth-order valence-corrected chi connectivity index (χ4v) is 3.82. The van der Waals surface area contributed by atoms with Crippen LogP contribution < -0.4 is 0 Å². The summed E-state index contributed by atoms with van der Waals surface area (Å²) < 4.78 is 0.567. The van der Waals surface area contributed by atoms with Crippen molar-refractivity contribution in [3.05, 3.63) is 40.8 Å². The molecule has 1 aliphatic rings. The van der Waals surface area contributed by atoms with Crippen molar-refractivity contribution in [2.45, 2.75) is 26.7 Å². The second-order valence-electron chi connectivity index (χ2n) is 5.41. The first kappa shape index (κ1) is 18.7. The highest BCUT2D eigenvalue weighted by Crippen LogP contribution is 2.32. The van der Waals surface area contributed by atoms with Gasteiger partial charge in [0.25, 0.3) is 5.91 Å². The number of thioether (sulfide) groups is 1. The van der Waals surface area contributed by atoms with Gasteiger partial charge < -0.3 is 4.90 Å². The van der Waals surface area contributed by atoms with Crippen LogP contribution in [0.5, 0.6) is 0 Å². The van der Waals surface area contributed by atoms with Crippen molar-refractivity contribution in [3.8, 4) is 0 Å². The lowest BCUT2D eigenvalue weighted by molar-refractivity contribution is -0.131. The molecule has 24 heavy (non-hydrogen) atoms. The second-order valence-corrected chi connectivity index (χ2v) is 7.09. The molecule has 0 saturated carbocycles. The molecular formula is C18H22N2O2S2. The lowest BCUT2D eigenvalue weighted by Gasteiger charge is -2.19. The zero-order chi connectivity index (χ0) is 17.5. The van der Waals surface area contributed by atoms with E-state index in [-0.39, 0.29) is 11.8 Å². The van der Waals surface area contributed by atoms with E-state index in [9.17, 15) is 9.59 Å². The number of thiocarbonyl (C=S) groups is 1. The predicted octanol–water partition coefficient (Wildman–Crippen LogP) is 3.54. The molecule has 1 saturated heterocycles. The van der Waals surface area contributed by atoms with Gasteiger partial charge in [-0.05, 0) is 31.9 Å². The molecule has 0 aromatic heterocycles. The Labute approximate surface area is 152 Å². The number of hydrogen-bond donors (Lipinski definition) is 0. The van der Waals surface area contributed by atoms with E-state index >= 15 is 0 Å². The molecule has 0 spiro atoms. The minimum absolute atomic E-state index is 0.0656. The predicted molar refractivity (Wildman–Crippen MR) is 103 cm³/mol. The summed E-state index contributed by atoms with van der Waals surface area (Å²) in [7, 11) is 0. The fourth-order valence-electron chi connectivity index (χ4n) is 2.52. The van der Waals surface area contributed by atoms with Crippen LogP contribution in [0.2, 0.25) is 0 Å². The van der Waals surface area contributed by atoms with Gasteiger partial charge in [0.1, 0.15) is 4.32 Å². The normalized spacial score (nSPS) is 16.1. The minimum atomic E-state index is -0.0656. The van der Waals surface area contributed by atoms with Gasteiger partial charge in [0.15, 0.2) is 0 Å². The summed E-state index contributed by atoms with van der Waals surface area (Å²) in [6.07, 6.45) is 2.93. The summed E-state index contributed by atoms with van der Waals surface area (Å²) in [6.45, 7) is 5.87. The van der Waals surface area contributed by atoms with Crippen LogP contribution >= 0.6 is 24.0 Å². The zero-order valence-electron chi connectivity index (χ0n) is 14.0. The quantitative estimate of drug-likeness (QED) is 0.549. The molecule has 0 atom stereocenters. The maximum atomic E-state index is 12.5. The maximum absolute atomic E-state index is 12.5. The van der Waals surface area contributed by atoms with Crippen molar-refractivity contribution < 1.29 is 9.59 Å². The van der Waals surface area contributed by atoms with Gasteiger partial charge in [0.05, 0.1) is 4.91 Å². The second kappa shape index (κ2) is 8.99. The van der Waals surface area contributed by atoms with Crippen molar-refractivity contribution in [1.29, 1.82) is 0 Å². The number of amides is 2. The highest BCUT2D eigenvalue weighted by atomic mass is 32.2. The number of nitrogens with zero attached hydrogens (tertiary/aromatic N) is 2. The average Bonchev–Trinajstić information content (AvgIpc) is 2.84. The highest BCUT2D eigenvalue weighted by molar-refractivity contribution is 8.26. The van der Waals surface area contributed by atoms with Gasteiger partial charge in [-0.15, -0.1) is 0 Å². The Bertz CT molecular complexity index is 640. The van der Waals surface area contributed by atoms with Crippen LogP contribution in [0, 0.1) is 0 Å². The first-order valence-electron chi connectivity index (χ1n) is 8.15. The van der Waals surface area contributed by atoms with Crippen LogP contribution in [0.4, 0.5) is 0 Å². The summed E-state index contributed by atoms with van der Waals surface area (Å²) in [5.41, 5.74) is 0.981. The van der Waals surface area contributed by atoms with Crippen LogP contribution in [0.15, 0.2) is 35.2 Å². The molecule has 0 radical (unpaired) electrons. The van der Waals surface area contributed by atoms with Crippen LogP contribution in [-0.2, 0) is 9.59 Å². The van der Waals surface area contributed by atoms with Crippen molar-refractivity contribution in [2.24, 2.45) is 0 Å². The fraction of sp³-hybridized carbons (Fsp3) is 0.389. The summed E-state index contributed by atoms with van der Waals surface area (Å²) in [4.78, 5) is 28.6. The molecule has 2 amide bonds. The van der Waals surface area contributed by atoms with Gasteiger partial charge in [0.2, 0.25) is 5.91 Å². The molecule has 1 heterocycles. The standard InChI is InChI=1S/C18H22N2O2S2/c1-3-19(4-2)16(21)11-8-12-20-17(22)15(24-18(20)23)13-14-9-6-5-7-10-14/h5-7,9-10,13H,3-4,8,11-12H2,1-2H3/b15-13-. The molecule has 1 aromatic rings. The molecule has 0 N–H and O–H groups in total. The van der Waals surface area contributed by atoms with Crippen molar-refractivity contribution in [3.63, 3.8) is 0 Å². The summed E-state index contributed by atoms with van der Waals surface area (Å²) >= 11 is 6.64. The first-order chi connectivity index (χ1) is 11.6. The average molecular weight is 363 g/mol. The third-order valence-corrected chi connectivity index (χ3v) is 5.24. The smallest absolute Gasteiger partial charge is 0.266 e. The number of carbonyl (C=O) groups is 2. The van der Waals surface area contributed by atoms with Gasteiger partial charge in [-0.25, -0.2) is 0 Å².